The summed E-state index contributed by atoms with van der Waals surface area (Å²) in [4.78, 5) is 23.7. The molecule has 2 rings (SSSR count). The molecule has 0 spiro atoms. The van der Waals surface area contributed by atoms with Gasteiger partial charge in [0.25, 0.3) is 0 Å². The number of carbonyl (C=O) groups is 2. The van der Waals surface area contributed by atoms with E-state index in [1.807, 2.05) is 13.8 Å². The molecule has 0 atom stereocenters. The van der Waals surface area contributed by atoms with E-state index < -0.39 is 24.1 Å². The number of nitrogens with zero attached hydrogens (tertiary/aromatic N) is 1. The first-order chi connectivity index (χ1) is 13.8. The first kappa shape index (κ1) is 22.4. The van der Waals surface area contributed by atoms with Crippen molar-refractivity contribution in [3.8, 4) is 11.5 Å². The number of hydrazone groups is 1. The van der Waals surface area contributed by atoms with Crippen LogP contribution in [0.2, 0.25) is 0 Å². The van der Waals surface area contributed by atoms with Gasteiger partial charge >= 0.3 is 0 Å². The van der Waals surface area contributed by atoms with E-state index in [0.717, 1.165) is 0 Å². The van der Waals surface area contributed by atoms with Crippen molar-refractivity contribution in [1.82, 2.24) is 5.43 Å². The molecular weight excluding hydrogens is 445 g/mol. The summed E-state index contributed by atoms with van der Waals surface area (Å²) in [7, 11) is 1.52. The van der Waals surface area contributed by atoms with Crippen molar-refractivity contribution in [3.05, 3.63) is 52.3 Å². The highest BCUT2D eigenvalue weighted by molar-refractivity contribution is 9.10. The molecule has 0 aromatic heterocycles. The van der Waals surface area contributed by atoms with Crippen molar-refractivity contribution in [2.75, 3.05) is 12.4 Å². The summed E-state index contributed by atoms with van der Waals surface area (Å²) in [6.45, 7) is 3.80. The number of anilines is 1. The Hall–Kier alpha value is -2.94. The Bertz CT molecular complexity index is 919. The lowest BCUT2D eigenvalue weighted by atomic mass is 10.2. The maximum atomic E-state index is 13.5. The van der Waals surface area contributed by atoms with Crippen LogP contribution in [0.25, 0.3) is 0 Å². The molecule has 154 valence electrons. The van der Waals surface area contributed by atoms with Crippen LogP contribution in [0.4, 0.5) is 10.1 Å². The van der Waals surface area contributed by atoms with Crippen molar-refractivity contribution in [3.63, 3.8) is 0 Å². The summed E-state index contributed by atoms with van der Waals surface area (Å²) >= 11 is 3.42. The van der Waals surface area contributed by atoms with E-state index in [1.165, 1.54) is 31.5 Å². The topological polar surface area (TPSA) is 89.0 Å². The van der Waals surface area contributed by atoms with Crippen LogP contribution in [0, 0.1) is 5.82 Å². The molecular formula is C20H21BrFN3O4. The maximum Gasteiger partial charge on any atom is 0.249 e. The fourth-order valence-corrected chi connectivity index (χ4v) is 2.84. The molecule has 0 aliphatic carbocycles. The van der Waals surface area contributed by atoms with E-state index in [2.05, 4.69) is 31.8 Å². The highest BCUT2D eigenvalue weighted by Crippen LogP contribution is 2.36. The van der Waals surface area contributed by atoms with Crippen molar-refractivity contribution in [2.45, 2.75) is 26.4 Å². The summed E-state index contributed by atoms with van der Waals surface area (Å²) in [5.41, 5.74) is 2.90. The molecule has 2 N–H and O–H groups in total. The van der Waals surface area contributed by atoms with Gasteiger partial charge in [0.2, 0.25) is 11.8 Å². The third kappa shape index (κ3) is 6.86. The first-order valence-electron chi connectivity index (χ1n) is 8.70. The van der Waals surface area contributed by atoms with Gasteiger partial charge in [0.15, 0.2) is 11.5 Å². The molecule has 0 heterocycles. The predicted molar refractivity (Wildman–Crippen MR) is 112 cm³/mol. The standard InChI is InChI=1S/C20H21BrFN3O4/c1-12(2)29-20-14(21)8-13(9-17(20)28-3)11-23-25-19(27)10-18(26)24-16-7-5-4-6-15(16)22/h4-9,11-12H,10H2,1-3H3,(H,24,26)(H,25,27). The number of hydrogen-bond acceptors (Lipinski definition) is 5. The quantitative estimate of drug-likeness (QED) is 0.351. The van der Waals surface area contributed by atoms with Crippen molar-refractivity contribution in [2.24, 2.45) is 5.10 Å². The maximum absolute atomic E-state index is 13.5. The van der Waals surface area contributed by atoms with Gasteiger partial charge in [-0.2, -0.15) is 5.10 Å². The Balaban J connectivity index is 1.95. The fourth-order valence-electron chi connectivity index (χ4n) is 2.29. The molecule has 0 unspecified atom stereocenters. The third-order valence-electron chi connectivity index (χ3n) is 3.48. The number of rotatable bonds is 8. The normalized spacial score (nSPS) is 10.8. The molecule has 2 aromatic rings. The minimum absolute atomic E-state index is 0.00875. The van der Waals surface area contributed by atoms with Gasteiger partial charge < -0.3 is 14.8 Å². The molecule has 7 nitrogen and oxygen atoms in total. The minimum atomic E-state index is -0.651. The van der Waals surface area contributed by atoms with Crippen LogP contribution in [0.3, 0.4) is 0 Å². The second kappa shape index (κ2) is 10.6. The van der Waals surface area contributed by atoms with Crippen molar-refractivity contribution in [1.29, 1.82) is 0 Å². The van der Waals surface area contributed by atoms with Crippen LogP contribution in [0.15, 0.2) is 46.0 Å². The Morgan fingerprint density at radius 1 is 1.24 bits per heavy atom. The molecule has 0 saturated carbocycles. The molecule has 2 amide bonds. The van der Waals surface area contributed by atoms with Crippen LogP contribution in [0.5, 0.6) is 11.5 Å². The Morgan fingerprint density at radius 3 is 2.62 bits per heavy atom. The van der Waals surface area contributed by atoms with E-state index in [9.17, 15) is 14.0 Å². The number of carbonyl (C=O) groups excluding carboxylic acids is 2. The number of ether oxygens (including phenoxy) is 2. The summed E-state index contributed by atoms with van der Waals surface area (Å²) in [5.74, 6) is -0.800. The molecule has 0 radical (unpaired) electrons. The minimum Gasteiger partial charge on any atom is -0.493 e. The lowest BCUT2D eigenvalue weighted by Crippen LogP contribution is -2.24. The number of benzene rings is 2. The van der Waals surface area contributed by atoms with Gasteiger partial charge in [-0.25, -0.2) is 9.82 Å². The molecule has 0 aliphatic rings. The van der Waals surface area contributed by atoms with Gasteiger partial charge in [-0.3, -0.25) is 9.59 Å². The highest BCUT2D eigenvalue weighted by Gasteiger charge is 2.13. The van der Waals surface area contributed by atoms with Crippen molar-refractivity contribution >= 4 is 39.6 Å². The van der Waals surface area contributed by atoms with E-state index in [1.54, 1.807) is 18.2 Å². The number of para-hydroxylation sites is 1. The smallest absolute Gasteiger partial charge is 0.249 e. The van der Waals surface area contributed by atoms with Crippen LogP contribution in [-0.2, 0) is 9.59 Å². The average molecular weight is 466 g/mol. The monoisotopic (exact) mass is 465 g/mol. The van der Waals surface area contributed by atoms with Crippen molar-refractivity contribution < 1.29 is 23.5 Å². The predicted octanol–water partition coefficient (Wildman–Crippen LogP) is 3.86. The summed E-state index contributed by atoms with van der Waals surface area (Å²) in [5, 5.41) is 6.16. The Morgan fingerprint density at radius 2 is 1.97 bits per heavy atom. The van der Waals surface area contributed by atoms with E-state index >= 15 is 0 Å². The van der Waals surface area contributed by atoms with Gasteiger partial charge in [0, 0.05) is 0 Å². The average Bonchev–Trinajstić information content (AvgIpc) is 2.65. The van der Waals surface area contributed by atoms with Gasteiger partial charge in [-0.1, -0.05) is 12.1 Å². The second-order valence-electron chi connectivity index (χ2n) is 6.20. The summed E-state index contributed by atoms with van der Waals surface area (Å²) in [6, 6.07) is 9.14. The SMILES string of the molecule is COc1cc(C=NNC(=O)CC(=O)Nc2ccccc2F)cc(Br)c1OC(C)C. The van der Waals surface area contributed by atoms with Crippen LogP contribution >= 0.6 is 15.9 Å². The molecule has 29 heavy (non-hydrogen) atoms. The highest BCUT2D eigenvalue weighted by atomic mass is 79.9. The Kier molecular flexibility index (Phi) is 8.14. The summed E-state index contributed by atoms with van der Waals surface area (Å²) < 4.78 is 25.2. The third-order valence-corrected chi connectivity index (χ3v) is 4.07. The largest absolute Gasteiger partial charge is 0.493 e. The van der Waals surface area contributed by atoms with Gasteiger partial charge in [0.1, 0.15) is 12.2 Å². The molecule has 2 aromatic carbocycles. The number of nitrogens with one attached hydrogen (secondary N) is 2. The van der Waals surface area contributed by atoms with Crippen LogP contribution in [-0.4, -0.2) is 31.2 Å². The van der Waals surface area contributed by atoms with E-state index in [4.69, 9.17) is 9.47 Å². The fraction of sp³-hybridized carbons (Fsp3) is 0.250. The van der Waals surface area contributed by atoms with Gasteiger partial charge in [-0.15, -0.1) is 0 Å². The molecule has 0 saturated heterocycles. The first-order valence-corrected chi connectivity index (χ1v) is 9.50. The number of methoxy groups -OCH3 is 1. The lowest BCUT2D eigenvalue weighted by Gasteiger charge is -2.15. The zero-order valence-electron chi connectivity index (χ0n) is 16.2. The molecule has 0 aliphatic heterocycles. The van der Waals surface area contributed by atoms with E-state index in [0.29, 0.717) is 21.5 Å². The zero-order valence-corrected chi connectivity index (χ0v) is 17.7. The second-order valence-corrected chi connectivity index (χ2v) is 7.05. The summed E-state index contributed by atoms with van der Waals surface area (Å²) in [6.07, 6.45) is 0.869. The van der Waals surface area contributed by atoms with Gasteiger partial charge in [0.05, 0.1) is 29.6 Å². The van der Waals surface area contributed by atoms with Gasteiger partial charge in [-0.05, 0) is 59.6 Å². The lowest BCUT2D eigenvalue weighted by molar-refractivity contribution is -0.126. The number of amides is 2. The van der Waals surface area contributed by atoms with E-state index in [-0.39, 0.29) is 11.8 Å². The zero-order chi connectivity index (χ0) is 21.4. The van der Waals surface area contributed by atoms with Crippen LogP contribution in [0.1, 0.15) is 25.8 Å². The molecule has 0 fully saturated rings. The number of hydrogen-bond donors (Lipinski definition) is 2. The Labute approximate surface area is 176 Å². The molecule has 9 heteroatoms. The number of halogens is 2. The molecule has 0 bridgehead atoms. The van der Waals surface area contributed by atoms with Crippen LogP contribution < -0.4 is 20.2 Å².